The molecule has 0 spiro atoms. The van der Waals surface area contributed by atoms with Crippen LogP contribution in [0.25, 0.3) is 5.13 Å². The van der Waals surface area contributed by atoms with Gasteiger partial charge in [-0.25, -0.2) is 0 Å². The normalized spacial score (nSPS) is 16.1. The largest absolute Gasteiger partial charge is 0.493 e. The SMILES string of the molecule is COc1cccc(CNC(=O)[C@@H]2CCCN(c3nnc(-n4c(C)ccc4C)s3)C2)c1OC. The van der Waals surface area contributed by atoms with Crippen molar-refractivity contribution in [2.24, 2.45) is 5.92 Å². The zero-order valence-electron chi connectivity index (χ0n) is 18.9. The van der Waals surface area contributed by atoms with E-state index in [9.17, 15) is 4.79 Å². The molecule has 3 heterocycles. The second-order valence-corrected chi connectivity index (χ2v) is 8.91. The molecule has 2 aromatic heterocycles. The Balaban J connectivity index is 1.41. The number of ether oxygens (including phenoxy) is 2. The molecule has 170 valence electrons. The topological polar surface area (TPSA) is 81.5 Å². The fraction of sp³-hybridized carbons (Fsp3) is 0.435. The van der Waals surface area contributed by atoms with E-state index in [1.165, 1.54) is 0 Å². The molecule has 0 bridgehead atoms. The molecule has 0 unspecified atom stereocenters. The number of carbonyl (C=O) groups excluding carboxylic acids is 1. The summed E-state index contributed by atoms with van der Waals surface area (Å²) in [6, 6.07) is 9.83. The van der Waals surface area contributed by atoms with Gasteiger partial charge in [-0.15, -0.1) is 10.2 Å². The quantitative estimate of drug-likeness (QED) is 0.587. The molecular formula is C23H29N5O3S. The summed E-state index contributed by atoms with van der Waals surface area (Å²) in [6.45, 7) is 6.04. The summed E-state index contributed by atoms with van der Waals surface area (Å²) in [7, 11) is 3.21. The van der Waals surface area contributed by atoms with E-state index < -0.39 is 0 Å². The van der Waals surface area contributed by atoms with Crippen LogP contribution in [0.15, 0.2) is 30.3 Å². The minimum atomic E-state index is -0.0947. The highest BCUT2D eigenvalue weighted by Gasteiger charge is 2.28. The van der Waals surface area contributed by atoms with Crippen molar-refractivity contribution < 1.29 is 14.3 Å². The number of anilines is 1. The Morgan fingerprint density at radius 1 is 1.12 bits per heavy atom. The molecule has 1 aliphatic rings. The Bertz CT molecular complexity index is 1070. The Morgan fingerprint density at radius 3 is 2.59 bits per heavy atom. The molecular weight excluding hydrogens is 426 g/mol. The first-order valence-corrected chi connectivity index (χ1v) is 11.5. The second kappa shape index (κ2) is 9.60. The lowest BCUT2D eigenvalue weighted by atomic mass is 9.97. The number of rotatable bonds is 7. The van der Waals surface area contributed by atoms with Crippen LogP contribution in [0.3, 0.4) is 0 Å². The Labute approximate surface area is 192 Å². The molecule has 1 atom stereocenters. The highest BCUT2D eigenvalue weighted by atomic mass is 32.1. The number of nitrogens with zero attached hydrogens (tertiary/aromatic N) is 4. The Morgan fingerprint density at radius 2 is 1.88 bits per heavy atom. The van der Waals surface area contributed by atoms with Crippen LogP contribution in [0.1, 0.15) is 29.8 Å². The number of para-hydroxylation sites is 1. The number of aromatic nitrogens is 3. The summed E-state index contributed by atoms with van der Waals surface area (Å²) >= 11 is 1.56. The number of methoxy groups -OCH3 is 2. The average Bonchev–Trinajstić information content (AvgIpc) is 3.43. The zero-order valence-corrected chi connectivity index (χ0v) is 19.7. The number of nitrogens with one attached hydrogen (secondary N) is 1. The zero-order chi connectivity index (χ0) is 22.7. The number of aryl methyl sites for hydroxylation is 2. The summed E-state index contributed by atoms with van der Waals surface area (Å²) in [6.07, 6.45) is 1.80. The van der Waals surface area contributed by atoms with Crippen molar-refractivity contribution in [3.05, 3.63) is 47.3 Å². The van der Waals surface area contributed by atoms with E-state index in [2.05, 4.69) is 51.0 Å². The summed E-state index contributed by atoms with van der Waals surface area (Å²) < 4.78 is 12.9. The van der Waals surface area contributed by atoms with Gasteiger partial charge in [0, 0.05) is 36.6 Å². The predicted molar refractivity (Wildman–Crippen MR) is 125 cm³/mol. The summed E-state index contributed by atoms with van der Waals surface area (Å²) in [5, 5.41) is 13.6. The molecule has 4 rings (SSSR count). The van der Waals surface area contributed by atoms with Gasteiger partial charge in [0.25, 0.3) is 0 Å². The molecule has 1 fully saturated rings. The van der Waals surface area contributed by atoms with Crippen LogP contribution in [0, 0.1) is 19.8 Å². The van der Waals surface area contributed by atoms with Gasteiger partial charge in [-0.1, -0.05) is 23.5 Å². The standard InChI is InChI=1S/C23H29N5O3S/c1-15-10-11-16(2)28(15)23-26-25-22(32-23)27-12-6-8-18(14-27)21(29)24-13-17-7-5-9-19(30-3)20(17)31-4/h5,7,9-11,18H,6,8,12-14H2,1-4H3,(H,24,29)/t18-/m1/s1. The van der Waals surface area contributed by atoms with Crippen molar-refractivity contribution >= 4 is 22.4 Å². The van der Waals surface area contributed by atoms with Gasteiger partial charge < -0.3 is 19.7 Å². The lowest BCUT2D eigenvalue weighted by molar-refractivity contribution is -0.125. The van der Waals surface area contributed by atoms with Crippen molar-refractivity contribution in [3.8, 4) is 16.6 Å². The minimum Gasteiger partial charge on any atom is -0.493 e. The number of piperidine rings is 1. The lowest BCUT2D eigenvalue weighted by Crippen LogP contribution is -2.43. The van der Waals surface area contributed by atoms with E-state index in [4.69, 9.17) is 9.47 Å². The van der Waals surface area contributed by atoms with Crippen LogP contribution in [0.5, 0.6) is 11.5 Å². The molecule has 1 amide bonds. The molecule has 0 radical (unpaired) electrons. The van der Waals surface area contributed by atoms with Gasteiger partial charge in [0.05, 0.1) is 20.1 Å². The van der Waals surface area contributed by atoms with E-state index >= 15 is 0 Å². The van der Waals surface area contributed by atoms with Gasteiger partial charge in [-0.2, -0.15) is 0 Å². The monoisotopic (exact) mass is 455 g/mol. The Kier molecular flexibility index (Phi) is 6.64. The van der Waals surface area contributed by atoms with Crippen LogP contribution in [0.4, 0.5) is 5.13 Å². The van der Waals surface area contributed by atoms with Gasteiger partial charge in [0.1, 0.15) is 0 Å². The summed E-state index contributed by atoms with van der Waals surface area (Å²) in [5.74, 6) is 1.25. The molecule has 32 heavy (non-hydrogen) atoms. The van der Waals surface area contributed by atoms with Gasteiger partial charge in [-0.3, -0.25) is 9.36 Å². The summed E-state index contributed by atoms with van der Waals surface area (Å²) in [5.41, 5.74) is 3.15. The fourth-order valence-corrected chi connectivity index (χ4v) is 5.18. The third kappa shape index (κ3) is 4.43. The molecule has 1 saturated heterocycles. The first kappa shape index (κ1) is 22.1. The van der Waals surface area contributed by atoms with Crippen LogP contribution in [0.2, 0.25) is 0 Å². The lowest BCUT2D eigenvalue weighted by Gasteiger charge is -2.31. The van der Waals surface area contributed by atoms with Gasteiger partial charge in [0.2, 0.25) is 16.2 Å². The highest BCUT2D eigenvalue weighted by molar-refractivity contribution is 7.17. The van der Waals surface area contributed by atoms with Crippen molar-refractivity contribution in [1.29, 1.82) is 0 Å². The summed E-state index contributed by atoms with van der Waals surface area (Å²) in [4.78, 5) is 15.1. The van der Waals surface area contributed by atoms with E-state index in [1.807, 2.05) is 18.2 Å². The first-order chi connectivity index (χ1) is 15.5. The van der Waals surface area contributed by atoms with E-state index in [-0.39, 0.29) is 11.8 Å². The second-order valence-electron chi connectivity index (χ2n) is 7.97. The third-order valence-corrected chi connectivity index (χ3v) is 6.84. The van der Waals surface area contributed by atoms with Gasteiger partial charge in [-0.05, 0) is 44.9 Å². The smallest absolute Gasteiger partial charge is 0.225 e. The van der Waals surface area contributed by atoms with Crippen molar-refractivity contribution in [1.82, 2.24) is 20.1 Å². The molecule has 8 nitrogen and oxygen atoms in total. The molecule has 9 heteroatoms. The van der Waals surface area contributed by atoms with Crippen molar-refractivity contribution in [2.45, 2.75) is 33.2 Å². The molecule has 0 aliphatic carbocycles. The number of amides is 1. The molecule has 0 saturated carbocycles. The third-order valence-electron chi connectivity index (χ3n) is 5.87. The molecule has 1 N–H and O–H groups in total. The van der Waals surface area contributed by atoms with Gasteiger partial charge in [0.15, 0.2) is 11.5 Å². The van der Waals surface area contributed by atoms with E-state index in [0.29, 0.717) is 24.6 Å². The van der Waals surface area contributed by atoms with Crippen LogP contribution < -0.4 is 19.7 Å². The van der Waals surface area contributed by atoms with Crippen LogP contribution in [-0.2, 0) is 11.3 Å². The molecule has 1 aliphatic heterocycles. The molecule has 3 aromatic rings. The number of hydrogen-bond acceptors (Lipinski definition) is 7. The van der Waals surface area contributed by atoms with Crippen molar-refractivity contribution in [2.75, 3.05) is 32.2 Å². The number of benzene rings is 1. The number of carbonyl (C=O) groups is 1. The Hall–Kier alpha value is -3.07. The fourth-order valence-electron chi connectivity index (χ4n) is 4.18. The maximum Gasteiger partial charge on any atom is 0.225 e. The average molecular weight is 456 g/mol. The predicted octanol–water partition coefficient (Wildman–Crippen LogP) is 3.50. The van der Waals surface area contributed by atoms with E-state index in [1.54, 1.807) is 25.6 Å². The maximum absolute atomic E-state index is 12.9. The van der Waals surface area contributed by atoms with E-state index in [0.717, 1.165) is 46.6 Å². The van der Waals surface area contributed by atoms with Crippen LogP contribution >= 0.6 is 11.3 Å². The van der Waals surface area contributed by atoms with Crippen molar-refractivity contribution in [3.63, 3.8) is 0 Å². The van der Waals surface area contributed by atoms with Gasteiger partial charge >= 0.3 is 0 Å². The van der Waals surface area contributed by atoms with Crippen LogP contribution in [-0.4, -0.2) is 48.0 Å². The number of hydrogen-bond donors (Lipinski definition) is 1. The minimum absolute atomic E-state index is 0.0430. The maximum atomic E-state index is 12.9. The first-order valence-electron chi connectivity index (χ1n) is 10.7. The molecule has 1 aromatic carbocycles. The highest BCUT2D eigenvalue weighted by Crippen LogP contribution is 2.31.